The zero-order valence-corrected chi connectivity index (χ0v) is 12.8. The maximum Gasteiger partial charge on any atom is 0.243 e. The molecule has 0 spiro atoms. The summed E-state index contributed by atoms with van der Waals surface area (Å²) >= 11 is 0. The lowest BCUT2D eigenvalue weighted by Crippen LogP contribution is -2.40. The van der Waals surface area contributed by atoms with E-state index in [2.05, 4.69) is 0 Å². The lowest BCUT2D eigenvalue weighted by Gasteiger charge is -2.30. The van der Waals surface area contributed by atoms with Crippen LogP contribution in [0.3, 0.4) is 0 Å². The van der Waals surface area contributed by atoms with Gasteiger partial charge >= 0.3 is 0 Å². The van der Waals surface area contributed by atoms with E-state index in [1.165, 1.54) is 4.31 Å². The fraction of sp³-hybridized carbons (Fsp3) is 0.571. The van der Waals surface area contributed by atoms with Crippen molar-refractivity contribution in [3.8, 4) is 0 Å². The fourth-order valence-corrected chi connectivity index (χ4v) is 3.94. The highest BCUT2D eigenvalue weighted by molar-refractivity contribution is 7.89. The summed E-state index contributed by atoms with van der Waals surface area (Å²) < 4.78 is 32.0. The summed E-state index contributed by atoms with van der Waals surface area (Å²) in [4.78, 5) is 0.322. The van der Waals surface area contributed by atoms with Crippen LogP contribution in [0.4, 0.5) is 0 Å². The van der Waals surface area contributed by atoms with E-state index in [4.69, 9.17) is 10.5 Å². The molecule has 0 aliphatic carbocycles. The second-order valence-corrected chi connectivity index (χ2v) is 7.14. The number of sulfonamides is 1. The van der Waals surface area contributed by atoms with E-state index in [0.29, 0.717) is 18.0 Å². The van der Waals surface area contributed by atoms with E-state index >= 15 is 0 Å². The molecule has 0 radical (unpaired) electrons. The van der Waals surface area contributed by atoms with Gasteiger partial charge in [0.2, 0.25) is 10.0 Å². The minimum absolute atomic E-state index is 0.164. The Labute approximate surface area is 120 Å². The highest BCUT2D eigenvalue weighted by atomic mass is 32.2. The van der Waals surface area contributed by atoms with Gasteiger partial charge in [-0.2, -0.15) is 4.31 Å². The van der Waals surface area contributed by atoms with Crippen LogP contribution < -0.4 is 5.73 Å². The Morgan fingerprint density at radius 3 is 2.55 bits per heavy atom. The Kier molecular flexibility index (Phi) is 4.80. The molecule has 1 aromatic carbocycles. The second kappa shape index (κ2) is 6.22. The molecule has 0 bridgehead atoms. The molecule has 1 fully saturated rings. The van der Waals surface area contributed by atoms with E-state index in [-0.39, 0.29) is 12.1 Å². The summed E-state index contributed by atoms with van der Waals surface area (Å²) in [7, 11) is -1.76. The summed E-state index contributed by atoms with van der Waals surface area (Å²) in [5, 5.41) is 0. The summed E-state index contributed by atoms with van der Waals surface area (Å²) in [5.74, 6) is 0. The Morgan fingerprint density at radius 2 is 2.00 bits per heavy atom. The van der Waals surface area contributed by atoms with Crippen LogP contribution in [0.2, 0.25) is 0 Å². The molecule has 0 amide bonds. The molecule has 1 aliphatic rings. The summed E-state index contributed by atoms with van der Waals surface area (Å²) in [6, 6.07) is 6.71. The minimum atomic E-state index is -3.43. The van der Waals surface area contributed by atoms with Crippen LogP contribution in [-0.2, 0) is 14.8 Å². The van der Waals surface area contributed by atoms with E-state index in [1.807, 2.05) is 13.0 Å². The van der Waals surface area contributed by atoms with Crippen molar-refractivity contribution >= 4 is 10.0 Å². The number of methoxy groups -OCH3 is 1. The molecule has 20 heavy (non-hydrogen) atoms. The zero-order valence-electron chi connectivity index (χ0n) is 12.0. The first-order valence-corrected chi connectivity index (χ1v) is 8.27. The van der Waals surface area contributed by atoms with Gasteiger partial charge in [0.1, 0.15) is 0 Å². The first-order chi connectivity index (χ1) is 9.45. The topological polar surface area (TPSA) is 72.6 Å². The lowest BCUT2D eigenvalue weighted by atomic mass is 10.1. The van der Waals surface area contributed by atoms with Crippen LogP contribution in [0.5, 0.6) is 0 Å². The quantitative estimate of drug-likeness (QED) is 0.914. The number of ether oxygens (including phenoxy) is 1. The number of piperidine rings is 1. The van der Waals surface area contributed by atoms with Crippen molar-refractivity contribution in [1.82, 2.24) is 4.31 Å². The van der Waals surface area contributed by atoms with Gasteiger partial charge in [0, 0.05) is 26.2 Å². The van der Waals surface area contributed by atoms with Crippen molar-refractivity contribution < 1.29 is 13.2 Å². The van der Waals surface area contributed by atoms with Crippen molar-refractivity contribution in [2.75, 3.05) is 20.2 Å². The highest BCUT2D eigenvalue weighted by Crippen LogP contribution is 2.23. The number of hydrogen-bond donors (Lipinski definition) is 1. The third-order valence-corrected chi connectivity index (χ3v) is 5.65. The van der Waals surface area contributed by atoms with Gasteiger partial charge in [-0.1, -0.05) is 12.1 Å². The van der Waals surface area contributed by atoms with E-state index in [1.54, 1.807) is 25.3 Å². The van der Waals surface area contributed by atoms with Gasteiger partial charge in [-0.3, -0.25) is 0 Å². The van der Waals surface area contributed by atoms with Crippen molar-refractivity contribution in [3.05, 3.63) is 29.8 Å². The largest absolute Gasteiger partial charge is 0.381 e. The Morgan fingerprint density at radius 1 is 1.35 bits per heavy atom. The van der Waals surface area contributed by atoms with Crippen LogP contribution in [0, 0.1) is 0 Å². The number of benzene rings is 1. The number of nitrogens with zero attached hydrogens (tertiary/aromatic N) is 1. The molecule has 2 rings (SSSR count). The molecule has 2 N–H and O–H groups in total. The Hall–Kier alpha value is -0.950. The van der Waals surface area contributed by atoms with Crippen LogP contribution in [-0.4, -0.2) is 39.0 Å². The Bertz CT molecular complexity index is 549. The molecule has 1 unspecified atom stereocenters. The minimum Gasteiger partial charge on any atom is -0.381 e. The SMILES string of the molecule is COC1CCN(S(=O)(=O)c2cccc(C(C)N)c2)CC1. The average Bonchev–Trinajstić information content (AvgIpc) is 2.47. The molecule has 1 atom stereocenters. The van der Waals surface area contributed by atoms with E-state index < -0.39 is 10.0 Å². The fourth-order valence-electron chi connectivity index (χ4n) is 2.42. The molecular formula is C14H22N2O3S. The van der Waals surface area contributed by atoms with Crippen molar-refractivity contribution in [3.63, 3.8) is 0 Å². The molecule has 112 valence electrons. The predicted octanol–water partition coefficient (Wildman–Crippen LogP) is 1.51. The van der Waals surface area contributed by atoms with Crippen LogP contribution in [0.15, 0.2) is 29.2 Å². The monoisotopic (exact) mass is 298 g/mol. The molecule has 1 aliphatic heterocycles. The highest BCUT2D eigenvalue weighted by Gasteiger charge is 2.29. The number of hydrogen-bond acceptors (Lipinski definition) is 4. The second-order valence-electron chi connectivity index (χ2n) is 5.20. The van der Waals surface area contributed by atoms with Gasteiger partial charge in [0.15, 0.2) is 0 Å². The number of nitrogens with two attached hydrogens (primary N) is 1. The molecule has 6 heteroatoms. The molecule has 1 heterocycles. The van der Waals surface area contributed by atoms with Crippen molar-refractivity contribution in [1.29, 1.82) is 0 Å². The van der Waals surface area contributed by atoms with E-state index in [9.17, 15) is 8.42 Å². The molecule has 0 saturated carbocycles. The molecule has 1 saturated heterocycles. The maximum atomic E-state index is 12.6. The summed E-state index contributed by atoms with van der Waals surface area (Å²) in [6.45, 7) is 2.85. The van der Waals surface area contributed by atoms with Crippen LogP contribution in [0.1, 0.15) is 31.4 Å². The van der Waals surface area contributed by atoms with Gasteiger partial charge < -0.3 is 10.5 Å². The normalized spacial score (nSPS) is 19.9. The molecule has 1 aromatic rings. The maximum absolute atomic E-state index is 12.6. The number of rotatable bonds is 4. The van der Waals surface area contributed by atoms with Crippen LogP contribution in [0.25, 0.3) is 0 Å². The van der Waals surface area contributed by atoms with Gasteiger partial charge in [-0.25, -0.2) is 8.42 Å². The zero-order chi connectivity index (χ0) is 14.8. The lowest BCUT2D eigenvalue weighted by molar-refractivity contribution is 0.0604. The first kappa shape index (κ1) is 15.4. The predicted molar refractivity (Wildman–Crippen MR) is 77.8 cm³/mol. The molecule has 5 nitrogen and oxygen atoms in total. The van der Waals surface area contributed by atoms with Crippen LogP contribution >= 0.6 is 0 Å². The molecular weight excluding hydrogens is 276 g/mol. The van der Waals surface area contributed by atoms with Gasteiger partial charge in [-0.05, 0) is 37.5 Å². The Balaban J connectivity index is 2.20. The van der Waals surface area contributed by atoms with Gasteiger partial charge in [-0.15, -0.1) is 0 Å². The standard InChI is InChI=1S/C14H22N2O3S/c1-11(15)12-4-3-5-14(10-12)20(17,18)16-8-6-13(19-2)7-9-16/h3-5,10-11,13H,6-9,15H2,1-2H3. The van der Waals surface area contributed by atoms with Gasteiger partial charge in [0.05, 0.1) is 11.0 Å². The summed E-state index contributed by atoms with van der Waals surface area (Å²) in [5.41, 5.74) is 6.65. The first-order valence-electron chi connectivity index (χ1n) is 6.83. The average molecular weight is 298 g/mol. The van der Waals surface area contributed by atoms with E-state index in [0.717, 1.165) is 18.4 Å². The van der Waals surface area contributed by atoms with Crippen molar-refractivity contribution in [2.45, 2.75) is 36.8 Å². The van der Waals surface area contributed by atoms with Crippen molar-refractivity contribution in [2.24, 2.45) is 5.73 Å². The molecule has 0 aromatic heterocycles. The smallest absolute Gasteiger partial charge is 0.243 e. The van der Waals surface area contributed by atoms with Gasteiger partial charge in [0.25, 0.3) is 0 Å². The summed E-state index contributed by atoms with van der Waals surface area (Å²) in [6.07, 6.45) is 1.64. The third-order valence-electron chi connectivity index (χ3n) is 3.76. The third kappa shape index (κ3) is 3.20.